The average molecular weight is 400 g/mol. The van der Waals surface area contributed by atoms with E-state index in [9.17, 15) is 9.59 Å². The average Bonchev–Trinajstić information content (AvgIpc) is 3.07. The minimum absolute atomic E-state index is 0.288. The van der Waals surface area contributed by atoms with Gasteiger partial charge in [0.05, 0.1) is 18.2 Å². The molecule has 0 saturated carbocycles. The van der Waals surface area contributed by atoms with Gasteiger partial charge in [-0.1, -0.05) is 43.4 Å². The maximum Gasteiger partial charge on any atom is 0.337 e. The fourth-order valence-corrected chi connectivity index (χ4v) is 4.17. The fourth-order valence-electron chi connectivity index (χ4n) is 2.42. The van der Waals surface area contributed by atoms with Gasteiger partial charge in [0.15, 0.2) is 4.34 Å². The number of unbranched alkanes of at least 4 members (excludes halogenated alkanes) is 1. The molecule has 26 heavy (non-hydrogen) atoms. The van der Waals surface area contributed by atoms with E-state index < -0.39 is 5.97 Å². The van der Waals surface area contributed by atoms with Crippen LogP contribution in [-0.2, 0) is 9.53 Å². The molecule has 0 saturated heterocycles. The molecule has 1 aliphatic rings. The molecule has 3 N–H and O–H groups in total. The van der Waals surface area contributed by atoms with Crippen molar-refractivity contribution in [2.45, 2.75) is 50.4 Å². The Bertz CT molecular complexity index is 662. The lowest BCUT2D eigenvalue weighted by molar-refractivity contribution is -0.139. The summed E-state index contributed by atoms with van der Waals surface area (Å²) in [6.07, 6.45) is 2.81. The zero-order valence-corrected chi connectivity index (χ0v) is 16.9. The number of ether oxygens (including phenoxy) is 1. The summed E-state index contributed by atoms with van der Waals surface area (Å²) in [5, 5.41) is 17.8. The minimum Gasteiger partial charge on any atom is -0.463 e. The van der Waals surface area contributed by atoms with Gasteiger partial charge in [0, 0.05) is 18.0 Å². The second kappa shape index (κ2) is 10.4. The predicted octanol–water partition coefficient (Wildman–Crippen LogP) is 2.75. The van der Waals surface area contributed by atoms with Gasteiger partial charge in [-0.2, -0.15) is 0 Å². The molecular formula is C16H25N5O3S2. The number of carbonyl (C=O) groups excluding carboxylic acids is 2. The number of aromatic nitrogens is 2. The Kier molecular flexibility index (Phi) is 8.17. The van der Waals surface area contributed by atoms with Crippen molar-refractivity contribution in [1.29, 1.82) is 0 Å². The Morgan fingerprint density at radius 3 is 2.85 bits per heavy atom. The molecule has 144 valence electrons. The predicted molar refractivity (Wildman–Crippen MR) is 103 cm³/mol. The number of rotatable bonds is 10. The first-order chi connectivity index (χ1) is 12.6. The summed E-state index contributed by atoms with van der Waals surface area (Å²) in [5.74, 6) is 0.0171. The number of nitrogens with zero attached hydrogens (tertiary/aromatic N) is 2. The fraction of sp³-hybridized carbons (Fsp3) is 0.625. The third-order valence-corrected chi connectivity index (χ3v) is 5.74. The van der Waals surface area contributed by atoms with Crippen LogP contribution in [0.15, 0.2) is 15.6 Å². The van der Waals surface area contributed by atoms with Crippen LogP contribution in [0.5, 0.6) is 0 Å². The maximum absolute atomic E-state index is 12.3. The van der Waals surface area contributed by atoms with Crippen LogP contribution in [-0.4, -0.2) is 47.1 Å². The number of anilines is 1. The second-order valence-corrected chi connectivity index (χ2v) is 7.81. The normalized spacial score (nSPS) is 16.9. The standard InChI is InChI=1S/C16H25N5O3S2/c1-4-7-8-17-15-20-21-16(26-15)25-9-11-12(13(22)24-6-3)10(5-2)18-14(23)19-11/h10H,4-9H2,1-3H3,(H,17,20)(H2,18,19,23). The highest BCUT2D eigenvalue weighted by molar-refractivity contribution is 8.01. The summed E-state index contributed by atoms with van der Waals surface area (Å²) in [5.41, 5.74) is 1.05. The van der Waals surface area contributed by atoms with E-state index in [2.05, 4.69) is 33.1 Å². The molecule has 1 unspecified atom stereocenters. The van der Waals surface area contributed by atoms with Crippen molar-refractivity contribution in [3.05, 3.63) is 11.3 Å². The van der Waals surface area contributed by atoms with Crippen LogP contribution in [0.1, 0.15) is 40.0 Å². The summed E-state index contributed by atoms with van der Waals surface area (Å²) in [6.45, 7) is 6.97. The molecule has 10 heteroatoms. The summed E-state index contributed by atoms with van der Waals surface area (Å²) in [7, 11) is 0. The van der Waals surface area contributed by atoms with Crippen LogP contribution >= 0.6 is 23.1 Å². The van der Waals surface area contributed by atoms with Gasteiger partial charge >= 0.3 is 12.0 Å². The maximum atomic E-state index is 12.3. The largest absolute Gasteiger partial charge is 0.463 e. The van der Waals surface area contributed by atoms with E-state index in [1.54, 1.807) is 6.92 Å². The van der Waals surface area contributed by atoms with Crippen molar-refractivity contribution in [2.75, 3.05) is 24.2 Å². The van der Waals surface area contributed by atoms with Crippen molar-refractivity contribution >= 4 is 40.2 Å². The van der Waals surface area contributed by atoms with Crippen LogP contribution in [0.3, 0.4) is 0 Å². The zero-order valence-electron chi connectivity index (χ0n) is 15.3. The molecule has 0 spiro atoms. The topological polar surface area (TPSA) is 105 Å². The van der Waals surface area contributed by atoms with Crippen molar-refractivity contribution in [3.8, 4) is 0 Å². The Hall–Kier alpha value is -1.81. The van der Waals surface area contributed by atoms with Crippen molar-refractivity contribution in [3.63, 3.8) is 0 Å². The summed E-state index contributed by atoms with van der Waals surface area (Å²) in [6, 6.07) is -0.654. The van der Waals surface area contributed by atoms with Gasteiger partial charge in [0.2, 0.25) is 5.13 Å². The zero-order chi connectivity index (χ0) is 18.9. The lowest BCUT2D eigenvalue weighted by Crippen LogP contribution is -2.50. The second-order valence-electron chi connectivity index (χ2n) is 5.61. The quantitative estimate of drug-likeness (QED) is 0.316. The summed E-state index contributed by atoms with van der Waals surface area (Å²) < 4.78 is 5.94. The Morgan fingerprint density at radius 2 is 2.15 bits per heavy atom. The van der Waals surface area contributed by atoms with Crippen molar-refractivity contribution in [1.82, 2.24) is 20.8 Å². The Morgan fingerprint density at radius 1 is 1.35 bits per heavy atom. The molecule has 1 aromatic heterocycles. The van der Waals surface area contributed by atoms with Crippen LogP contribution < -0.4 is 16.0 Å². The third-order valence-electron chi connectivity index (χ3n) is 3.70. The van der Waals surface area contributed by atoms with Crippen LogP contribution in [0.4, 0.5) is 9.93 Å². The molecule has 0 fully saturated rings. The number of hydrogen-bond donors (Lipinski definition) is 3. The van der Waals surface area contributed by atoms with E-state index in [0.717, 1.165) is 28.9 Å². The van der Waals surface area contributed by atoms with Crippen LogP contribution in [0.2, 0.25) is 0 Å². The highest BCUT2D eigenvalue weighted by Crippen LogP contribution is 2.28. The summed E-state index contributed by atoms with van der Waals surface area (Å²) >= 11 is 2.90. The molecule has 1 aromatic rings. The van der Waals surface area contributed by atoms with Gasteiger partial charge in [0.25, 0.3) is 0 Å². The van der Waals surface area contributed by atoms with E-state index in [1.165, 1.54) is 23.1 Å². The van der Waals surface area contributed by atoms with Crippen molar-refractivity contribution in [2.24, 2.45) is 0 Å². The van der Waals surface area contributed by atoms with Gasteiger partial charge in [-0.3, -0.25) is 0 Å². The van der Waals surface area contributed by atoms with Crippen molar-refractivity contribution < 1.29 is 14.3 Å². The lowest BCUT2D eigenvalue weighted by Gasteiger charge is -2.28. The first-order valence-corrected chi connectivity index (χ1v) is 10.6. The molecule has 0 bridgehead atoms. The first kappa shape index (κ1) is 20.5. The molecular weight excluding hydrogens is 374 g/mol. The van der Waals surface area contributed by atoms with E-state index >= 15 is 0 Å². The molecule has 1 aliphatic heterocycles. The van der Waals surface area contributed by atoms with E-state index in [0.29, 0.717) is 23.4 Å². The SMILES string of the molecule is CCCCNc1nnc(SCC2=C(C(=O)OCC)C(CC)NC(=O)N2)s1. The first-order valence-electron chi connectivity index (χ1n) is 8.76. The van der Waals surface area contributed by atoms with Gasteiger partial charge < -0.3 is 20.7 Å². The Labute approximate surface area is 161 Å². The number of nitrogens with one attached hydrogen (secondary N) is 3. The van der Waals surface area contributed by atoms with E-state index in [1.807, 2.05) is 6.92 Å². The highest BCUT2D eigenvalue weighted by atomic mass is 32.2. The van der Waals surface area contributed by atoms with Gasteiger partial charge in [-0.25, -0.2) is 9.59 Å². The molecule has 2 heterocycles. The molecule has 2 amide bonds. The number of urea groups is 1. The number of amides is 2. The summed E-state index contributed by atoms with van der Waals surface area (Å²) in [4.78, 5) is 24.2. The number of esters is 1. The molecule has 8 nitrogen and oxygen atoms in total. The molecule has 0 aliphatic carbocycles. The highest BCUT2D eigenvalue weighted by Gasteiger charge is 2.31. The number of carbonyl (C=O) groups is 2. The lowest BCUT2D eigenvalue weighted by atomic mass is 10.0. The number of thioether (sulfide) groups is 1. The van der Waals surface area contributed by atoms with Gasteiger partial charge in [-0.15, -0.1) is 10.2 Å². The van der Waals surface area contributed by atoms with Gasteiger partial charge in [0.1, 0.15) is 0 Å². The van der Waals surface area contributed by atoms with E-state index in [4.69, 9.17) is 4.74 Å². The molecule has 0 aromatic carbocycles. The number of hydrogen-bond acceptors (Lipinski definition) is 8. The van der Waals surface area contributed by atoms with Crippen LogP contribution in [0, 0.1) is 0 Å². The van der Waals surface area contributed by atoms with Crippen LogP contribution in [0.25, 0.3) is 0 Å². The molecule has 0 radical (unpaired) electrons. The Balaban J connectivity index is 2.08. The molecule has 1 atom stereocenters. The monoisotopic (exact) mass is 399 g/mol. The van der Waals surface area contributed by atoms with Gasteiger partial charge in [-0.05, 0) is 19.8 Å². The smallest absolute Gasteiger partial charge is 0.337 e. The molecule has 2 rings (SSSR count). The van der Waals surface area contributed by atoms with E-state index in [-0.39, 0.29) is 18.7 Å². The minimum atomic E-state index is -0.401. The third kappa shape index (κ3) is 5.60.